The van der Waals surface area contributed by atoms with Crippen molar-refractivity contribution in [2.45, 2.75) is 37.9 Å². The molecule has 2 rings (SSSR count). The molecule has 1 aromatic carbocycles. The second-order valence-electron chi connectivity index (χ2n) is 4.67. The van der Waals surface area contributed by atoms with Crippen LogP contribution in [0, 0.1) is 15.9 Å². The summed E-state index contributed by atoms with van der Waals surface area (Å²) in [5.41, 5.74) is -0.297. The van der Waals surface area contributed by atoms with E-state index in [1.165, 1.54) is 12.1 Å². The van der Waals surface area contributed by atoms with Gasteiger partial charge in [-0.25, -0.2) is 4.39 Å². The number of hydrogen-bond donors (Lipinski definition) is 0. The lowest BCUT2D eigenvalue weighted by atomic mass is 9.95. The van der Waals surface area contributed by atoms with E-state index >= 15 is 0 Å². The fourth-order valence-corrected chi connectivity index (χ4v) is 2.34. The van der Waals surface area contributed by atoms with Gasteiger partial charge in [-0.3, -0.25) is 10.1 Å². The molecule has 0 aromatic heterocycles. The van der Waals surface area contributed by atoms with Crippen LogP contribution in [0.15, 0.2) is 18.2 Å². The van der Waals surface area contributed by atoms with Gasteiger partial charge in [-0.05, 0) is 19.3 Å². The van der Waals surface area contributed by atoms with Crippen molar-refractivity contribution in [3.8, 4) is 5.75 Å². The van der Waals surface area contributed by atoms with E-state index in [0.29, 0.717) is 0 Å². The Morgan fingerprint density at radius 2 is 2.05 bits per heavy atom. The minimum Gasteiger partial charge on any atom is -0.490 e. The van der Waals surface area contributed by atoms with Gasteiger partial charge in [0.2, 0.25) is 0 Å². The van der Waals surface area contributed by atoms with Gasteiger partial charge in [0.25, 0.3) is 5.69 Å². The van der Waals surface area contributed by atoms with Crippen molar-refractivity contribution in [3.63, 3.8) is 0 Å². The van der Waals surface area contributed by atoms with Crippen LogP contribution in [0.2, 0.25) is 0 Å². The lowest BCUT2D eigenvalue weighted by molar-refractivity contribution is -0.385. The monoisotopic (exact) mass is 269 g/mol. The first kappa shape index (κ1) is 13.7. The Balaban J connectivity index is 2.08. The Morgan fingerprint density at radius 1 is 1.32 bits per heavy atom. The number of nitrogens with zero attached hydrogens (tertiary/aromatic N) is 1. The Morgan fingerprint density at radius 3 is 2.74 bits per heavy atom. The molecule has 0 radical (unpaired) electrons. The van der Waals surface area contributed by atoms with Gasteiger partial charge < -0.3 is 9.47 Å². The van der Waals surface area contributed by atoms with Gasteiger partial charge in [0.1, 0.15) is 17.7 Å². The Bertz CT molecular complexity index is 466. The minimum atomic E-state index is -0.664. The zero-order chi connectivity index (χ0) is 13.8. The van der Waals surface area contributed by atoms with Crippen LogP contribution >= 0.6 is 0 Å². The number of halogens is 1. The maximum atomic E-state index is 13.3. The molecule has 2 atom stereocenters. The summed E-state index contributed by atoms with van der Waals surface area (Å²) in [6, 6.07) is 3.30. The topological polar surface area (TPSA) is 61.6 Å². The SMILES string of the molecule is COC1CCCC(Oc2cc(F)cc([N+](=O)[O-])c2)C1. The number of non-ortho nitro benzene ring substituents is 1. The van der Waals surface area contributed by atoms with Crippen LogP contribution < -0.4 is 4.74 Å². The predicted molar refractivity (Wildman–Crippen MR) is 66.7 cm³/mol. The van der Waals surface area contributed by atoms with Crippen LogP contribution in [0.25, 0.3) is 0 Å². The molecule has 0 amide bonds. The predicted octanol–water partition coefficient (Wildman–Crippen LogP) is 3.07. The lowest BCUT2D eigenvalue weighted by Gasteiger charge is -2.28. The van der Waals surface area contributed by atoms with E-state index in [2.05, 4.69) is 0 Å². The number of nitro groups is 1. The van der Waals surface area contributed by atoms with Crippen molar-refractivity contribution in [3.05, 3.63) is 34.1 Å². The van der Waals surface area contributed by atoms with Crippen LogP contribution in [0.5, 0.6) is 5.75 Å². The number of ether oxygens (including phenoxy) is 2. The number of rotatable bonds is 4. The standard InChI is InChI=1S/C13H16FNO4/c1-18-11-3-2-4-12(8-11)19-13-6-9(14)5-10(7-13)15(16)17/h5-7,11-12H,2-4,8H2,1H3. The molecule has 0 bridgehead atoms. The molecule has 1 aliphatic rings. The van der Waals surface area contributed by atoms with E-state index in [4.69, 9.17) is 9.47 Å². The molecule has 1 saturated carbocycles. The van der Waals surface area contributed by atoms with E-state index in [1.54, 1.807) is 7.11 Å². The Labute approximate surface area is 110 Å². The molecule has 19 heavy (non-hydrogen) atoms. The Kier molecular flexibility index (Phi) is 4.31. The fraction of sp³-hybridized carbons (Fsp3) is 0.538. The van der Waals surface area contributed by atoms with Gasteiger partial charge in [0.15, 0.2) is 0 Å². The van der Waals surface area contributed by atoms with Crippen LogP contribution in [-0.2, 0) is 4.74 Å². The number of nitro benzene ring substituents is 1. The van der Waals surface area contributed by atoms with Gasteiger partial charge in [-0.2, -0.15) is 0 Å². The van der Waals surface area contributed by atoms with E-state index in [9.17, 15) is 14.5 Å². The highest BCUT2D eigenvalue weighted by Gasteiger charge is 2.23. The van der Waals surface area contributed by atoms with Crippen LogP contribution in [0.4, 0.5) is 10.1 Å². The number of methoxy groups -OCH3 is 1. The third-order valence-electron chi connectivity index (χ3n) is 3.28. The molecule has 0 heterocycles. The molecule has 0 saturated heterocycles. The van der Waals surface area contributed by atoms with Crippen molar-refractivity contribution in [1.82, 2.24) is 0 Å². The van der Waals surface area contributed by atoms with Crippen molar-refractivity contribution in [2.24, 2.45) is 0 Å². The first-order chi connectivity index (χ1) is 9.08. The molecule has 2 unspecified atom stereocenters. The van der Waals surface area contributed by atoms with Gasteiger partial charge in [0.05, 0.1) is 23.2 Å². The van der Waals surface area contributed by atoms with Crippen molar-refractivity contribution in [2.75, 3.05) is 7.11 Å². The molecule has 0 aliphatic heterocycles. The summed E-state index contributed by atoms with van der Waals surface area (Å²) >= 11 is 0. The van der Waals surface area contributed by atoms with Crippen LogP contribution in [-0.4, -0.2) is 24.2 Å². The van der Waals surface area contributed by atoms with E-state index in [0.717, 1.165) is 31.7 Å². The normalized spacial score (nSPS) is 23.1. The molecule has 1 aromatic rings. The summed E-state index contributed by atoms with van der Waals surface area (Å²) in [7, 11) is 1.65. The molecule has 5 nitrogen and oxygen atoms in total. The summed E-state index contributed by atoms with van der Waals surface area (Å²) in [6.07, 6.45) is 3.59. The number of benzene rings is 1. The average molecular weight is 269 g/mol. The van der Waals surface area contributed by atoms with Gasteiger partial charge in [0, 0.05) is 19.6 Å². The van der Waals surface area contributed by atoms with E-state index in [-0.39, 0.29) is 23.6 Å². The third-order valence-corrected chi connectivity index (χ3v) is 3.28. The maximum absolute atomic E-state index is 13.3. The van der Waals surface area contributed by atoms with Gasteiger partial charge >= 0.3 is 0 Å². The summed E-state index contributed by atoms with van der Waals surface area (Å²) < 4.78 is 24.2. The molecular weight excluding hydrogens is 253 g/mol. The summed E-state index contributed by atoms with van der Waals surface area (Å²) in [5.74, 6) is -0.461. The number of hydrogen-bond acceptors (Lipinski definition) is 4. The molecule has 104 valence electrons. The fourth-order valence-electron chi connectivity index (χ4n) is 2.34. The second kappa shape index (κ2) is 5.97. The lowest BCUT2D eigenvalue weighted by Crippen LogP contribution is -2.29. The van der Waals surface area contributed by atoms with E-state index < -0.39 is 10.7 Å². The highest BCUT2D eigenvalue weighted by molar-refractivity contribution is 5.39. The summed E-state index contributed by atoms with van der Waals surface area (Å²) in [4.78, 5) is 10.0. The smallest absolute Gasteiger partial charge is 0.276 e. The minimum absolute atomic E-state index is 0.0832. The second-order valence-corrected chi connectivity index (χ2v) is 4.67. The highest BCUT2D eigenvalue weighted by Crippen LogP contribution is 2.28. The zero-order valence-corrected chi connectivity index (χ0v) is 10.7. The highest BCUT2D eigenvalue weighted by atomic mass is 19.1. The first-order valence-corrected chi connectivity index (χ1v) is 6.23. The van der Waals surface area contributed by atoms with Crippen molar-refractivity contribution >= 4 is 5.69 Å². The average Bonchev–Trinajstić information content (AvgIpc) is 2.38. The first-order valence-electron chi connectivity index (χ1n) is 6.23. The quantitative estimate of drug-likeness (QED) is 0.622. The van der Waals surface area contributed by atoms with Gasteiger partial charge in [-0.15, -0.1) is 0 Å². The van der Waals surface area contributed by atoms with Crippen LogP contribution in [0.3, 0.4) is 0 Å². The maximum Gasteiger partial charge on any atom is 0.276 e. The van der Waals surface area contributed by atoms with Crippen molar-refractivity contribution in [1.29, 1.82) is 0 Å². The van der Waals surface area contributed by atoms with E-state index in [1.807, 2.05) is 0 Å². The largest absolute Gasteiger partial charge is 0.490 e. The zero-order valence-electron chi connectivity index (χ0n) is 10.7. The molecule has 0 spiro atoms. The molecule has 1 aliphatic carbocycles. The van der Waals surface area contributed by atoms with Crippen molar-refractivity contribution < 1.29 is 18.8 Å². The molecule has 0 N–H and O–H groups in total. The van der Waals surface area contributed by atoms with Gasteiger partial charge in [-0.1, -0.05) is 0 Å². The molecule has 6 heteroatoms. The Hall–Kier alpha value is -1.69. The summed E-state index contributed by atoms with van der Waals surface area (Å²) in [5, 5.41) is 10.7. The molecular formula is C13H16FNO4. The van der Waals surface area contributed by atoms with Crippen LogP contribution in [0.1, 0.15) is 25.7 Å². The molecule has 1 fully saturated rings. The third kappa shape index (κ3) is 3.64. The summed E-state index contributed by atoms with van der Waals surface area (Å²) in [6.45, 7) is 0.